The molecule has 0 radical (unpaired) electrons. The van der Waals surface area contributed by atoms with Gasteiger partial charge in [-0.25, -0.2) is 8.42 Å². The number of nitrogens with one attached hydrogen (secondary N) is 1. The third kappa shape index (κ3) is 2.41. The second-order valence-electron chi connectivity index (χ2n) is 4.33. The molecule has 21 heavy (non-hydrogen) atoms. The highest BCUT2D eigenvalue weighted by Gasteiger charge is 2.28. The number of carbonyl (C=O) groups is 2. The molecule has 0 saturated carbocycles. The van der Waals surface area contributed by atoms with Gasteiger partial charge in [0.15, 0.2) is 5.78 Å². The zero-order chi connectivity index (χ0) is 15.0. The van der Waals surface area contributed by atoms with Gasteiger partial charge in [-0.3, -0.25) is 14.3 Å². The molecule has 1 heterocycles. The molecule has 0 aliphatic heterocycles. The van der Waals surface area contributed by atoms with E-state index in [1.165, 1.54) is 18.2 Å². The lowest BCUT2D eigenvalue weighted by Crippen LogP contribution is -2.31. The molecule has 1 aliphatic rings. The quantitative estimate of drug-likeness (QED) is 0.938. The number of thiophene rings is 1. The molecule has 0 spiro atoms. The highest BCUT2D eigenvalue weighted by atomic mass is 32.2. The van der Waals surface area contributed by atoms with Gasteiger partial charge >= 0.3 is 0 Å². The molecular formula is C14H9NO4S2. The Kier molecular flexibility index (Phi) is 3.23. The minimum Gasteiger partial charge on any atom is -0.289 e. The van der Waals surface area contributed by atoms with Crippen LogP contribution in [0.5, 0.6) is 0 Å². The summed E-state index contributed by atoms with van der Waals surface area (Å²) >= 11 is 1.03. The van der Waals surface area contributed by atoms with Crippen LogP contribution < -0.4 is 4.72 Å². The van der Waals surface area contributed by atoms with Crippen molar-refractivity contribution in [3.8, 4) is 0 Å². The van der Waals surface area contributed by atoms with Crippen molar-refractivity contribution in [3.63, 3.8) is 0 Å². The first-order chi connectivity index (χ1) is 9.99. The van der Waals surface area contributed by atoms with Crippen LogP contribution in [0.25, 0.3) is 0 Å². The van der Waals surface area contributed by atoms with E-state index in [4.69, 9.17) is 0 Å². The Morgan fingerprint density at radius 3 is 2.33 bits per heavy atom. The third-order valence-electron chi connectivity index (χ3n) is 2.96. The molecular weight excluding hydrogens is 310 g/mol. The van der Waals surface area contributed by atoms with Crippen molar-refractivity contribution in [1.29, 1.82) is 0 Å². The molecule has 106 valence electrons. The minimum absolute atomic E-state index is 0.0857. The number of ketones is 2. The van der Waals surface area contributed by atoms with Crippen LogP contribution in [0.3, 0.4) is 0 Å². The first-order valence-electron chi connectivity index (χ1n) is 5.95. The van der Waals surface area contributed by atoms with Crippen molar-refractivity contribution in [1.82, 2.24) is 4.72 Å². The van der Waals surface area contributed by atoms with Crippen LogP contribution in [-0.2, 0) is 10.0 Å². The minimum atomic E-state index is -3.85. The first kappa shape index (κ1) is 13.7. The summed E-state index contributed by atoms with van der Waals surface area (Å²) in [7, 11) is -3.85. The van der Waals surface area contributed by atoms with Gasteiger partial charge in [0.1, 0.15) is 9.91 Å². The summed E-state index contributed by atoms with van der Waals surface area (Å²) in [6, 6.07) is 9.34. The maximum absolute atomic E-state index is 12.3. The fraction of sp³-hybridized carbons (Fsp3) is 0. The number of rotatable bonds is 3. The van der Waals surface area contributed by atoms with Gasteiger partial charge in [0.25, 0.3) is 10.0 Å². The molecule has 1 N–H and O–H groups in total. The van der Waals surface area contributed by atoms with E-state index in [1.54, 1.807) is 23.6 Å². The fourth-order valence-electron chi connectivity index (χ4n) is 2.00. The fourth-order valence-corrected chi connectivity index (χ4v) is 4.05. The average molecular weight is 319 g/mol. The van der Waals surface area contributed by atoms with E-state index < -0.39 is 21.6 Å². The van der Waals surface area contributed by atoms with Crippen LogP contribution in [0.1, 0.15) is 20.7 Å². The maximum atomic E-state index is 12.3. The number of carbonyl (C=O) groups excluding carboxylic acids is 2. The van der Waals surface area contributed by atoms with Crippen LogP contribution in [0.2, 0.25) is 0 Å². The second kappa shape index (κ2) is 4.94. The molecule has 5 nitrogen and oxygen atoms in total. The zero-order valence-corrected chi connectivity index (χ0v) is 12.2. The van der Waals surface area contributed by atoms with Gasteiger partial charge < -0.3 is 0 Å². The molecule has 7 heteroatoms. The topological polar surface area (TPSA) is 80.3 Å². The van der Waals surface area contributed by atoms with E-state index in [2.05, 4.69) is 4.72 Å². The van der Waals surface area contributed by atoms with Crippen LogP contribution in [-0.4, -0.2) is 20.0 Å². The number of hydrogen-bond acceptors (Lipinski definition) is 5. The third-order valence-corrected chi connectivity index (χ3v) is 5.72. The zero-order valence-electron chi connectivity index (χ0n) is 10.6. The molecule has 1 aromatic heterocycles. The average Bonchev–Trinajstić information content (AvgIpc) is 2.99. The van der Waals surface area contributed by atoms with E-state index in [9.17, 15) is 18.0 Å². The summed E-state index contributed by atoms with van der Waals surface area (Å²) in [5.74, 6) is -0.903. The van der Waals surface area contributed by atoms with Gasteiger partial charge in [-0.2, -0.15) is 0 Å². The number of benzene rings is 1. The highest BCUT2D eigenvalue weighted by Crippen LogP contribution is 2.22. The summed E-state index contributed by atoms with van der Waals surface area (Å²) in [5, 5.41) is 1.62. The SMILES string of the molecule is O=C1C=C(NS(=O)(=O)c2cccs2)C(=O)c2ccccc21. The summed E-state index contributed by atoms with van der Waals surface area (Å²) in [5.41, 5.74) is 0.252. The van der Waals surface area contributed by atoms with Gasteiger partial charge in [-0.1, -0.05) is 30.3 Å². The number of hydrogen-bond donors (Lipinski definition) is 1. The molecule has 0 fully saturated rings. The van der Waals surface area contributed by atoms with Gasteiger partial charge in [0.2, 0.25) is 5.78 Å². The van der Waals surface area contributed by atoms with E-state index in [0.29, 0.717) is 0 Å². The van der Waals surface area contributed by atoms with Crippen LogP contribution >= 0.6 is 11.3 Å². The van der Waals surface area contributed by atoms with Gasteiger partial charge in [-0.05, 0) is 11.4 Å². The van der Waals surface area contributed by atoms with Crippen LogP contribution in [0, 0.1) is 0 Å². The molecule has 0 bridgehead atoms. The molecule has 0 saturated heterocycles. The molecule has 1 aliphatic carbocycles. The predicted octanol–water partition coefficient (Wildman–Crippen LogP) is 1.99. The molecule has 3 rings (SSSR count). The van der Waals surface area contributed by atoms with E-state index in [1.807, 2.05) is 0 Å². The summed E-state index contributed by atoms with van der Waals surface area (Å²) in [6.45, 7) is 0. The van der Waals surface area contributed by atoms with Crippen LogP contribution in [0.15, 0.2) is 57.8 Å². The van der Waals surface area contributed by atoms with Crippen molar-refractivity contribution in [2.45, 2.75) is 4.21 Å². The van der Waals surface area contributed by atoms with Gasteiger partial charge in [0, 0.05) is 17.2 Å². The largest absolute Gasteiger partial charge is 0.289 e. The summed E-state index contributed by atoms with van der Waals surface area (Å²) in [6.07, 6.45) is 1.02. The Hall–Kier alpha value is -2.25. The summed E-state index contributed by atoms with van der Waals surface area (Å²) < 4.78 is 26.5. The van der Waals surface area contributed by atoms with Crippen LogP contribution in [0.4, 0.5) is 0 Å². The standard InChI is InChI=1S/C14H9NO4S2/c16-12-8-11(14(17)10-5-2-1-4-9(10)12)15-21(18,19)13-6-3-7-20-13/h1-8,15H. The van der Waals surface area contributed by atoms with E-state index >= 15 is 0 Å². The second-order valence-corrected chi connectivity index (χ2v) is 7.19. The lowest BCUT2D eigenvalue weighted by molar-refractivity contribution is 0.0981. The number of sulfonamides is 1. The molecule has 2 aromatic rings. The molecule has 0 amide bonds. The number of fused-ring (bicyclic) bond motifs is 1. The normalized spacial score (nSPS) is 14.6. The highest BCUT2D eigenvalue weighted by molar-refractivity contribution is 7.91. The number of allylic oxidation sites excluding steroid dienone is 2. The smallest absolute Gasteiger partial charge is 0.271 e. The van der Waals surface area contributed by atoms with Crippen molar-refractivity contribution >= 4 is 32.9 Å². The monoisotopic (exact) mass is 319 g/mol. The maximum Gasteiger partial charge on any atom is 0.271 e. The lowest BCUT2D eigenvalue weighted by Gasteiger charge is -2.15. The van der Waals surface area contributed by atoms with Crippen molar-refractivity contribution < 1.29 is 18.0 Å². The predicted molar refractivity (Wildman–Crippen MR) is 77.8 cm³/mol. The lowest BCUT2D eigenvalue weighted by atomic mass is 9.93. The van der Waals surface area contributed by atoms with Crippen molar-refractivity contribution in [3.05, 3.63) is 64.7 Å². The summed E-state index contributed by atoms with van der Waals surface area (Å²) in [4.78, 5) is 24.2. The Morgan fingerprint density at radius 2 is 1.67 bits per heavy atom. The Labute approximate surface area is 125 Å². The number of Topliss-reactive ketones (excluding diaryl/α,β-unsaturated/α-hetero) is 1. The molecule has 1 aromatic carbocycles. The van der Waals surface area contributed by atoms with Crippen molar-refractivity contribution in [2.24, 2.45) is 0 Å². The first-order valence-corrected chi connectivity index (χ1v) is 8.31. The van der Waals surface area contributed by atoms with Gasteiger partial charge in [0.05, 0.1) is 0 Å². The van der Waals surface area contributed by atoms with E-state index in [-0.39, 0.29) is 21.0 Å². The Balaban J connectivity index is 1.99. The van der Waals surface area contributed by atoms with Gasteiger partial charge in [-0.15, -0.1) is 11.3 Å². The molecule has 0 atom stereocenters. The Morgan fingerprint density at radius 1 is 0.952 bits per heavy atom. The van der Waals surface area contributed by atoms with Crippen molar-refractivity contribution in [2.75, 3.05) is 0 Å². The molecule has 0 unspecified atom stereocenters. The van der Waals surface area contributed by atoms with E-state index in [0.717, 1.165) is 17.4 Å². The Bertz CT molecular complexity index is 864.